The number of esters is 1. The van der Waals surface area contributed by atoms with Gasteiger partial charge in [0.2, 0.25) is 20.0 Å². The van der Waals surface area contributed by atoms with Gasteiger partial charge in [-0.2, -0.15) is 4.31 Å². The van der Waals surface area contributed by atoms with Crippen LogP contribution in [0.1, 0.15) is 28.9 Å². The van der Waals surface area contributed by atoms with Crippen LogP contribution in [0.25, 0.3) is 0 Å². The van der Waals surface area contributed by atoms with Crippen molar-refractivity contribution in [3.8, 4) is 0 Å². The number of hydrogen-bond donors (Lipinski definition) is 0. The molecular formula is C25H27ClN2O6S2. The summed E-state index contributed by atoms with van der Waals surface area (Å²) in [5, 5.41) is 0.408. The second-order valence-corrected chi connectivity index (χ2v) is 12.8. The number of sulfonamides is 2. The number of ether oxygens (including phenoxy) is 1. The van der Waals surface area contributed by atoms with Gasteiger partial charge >= 0.3 is 5.97 Å². The molecule has 3 aromatic carbocycles. The van der Waals surface area contributed by atoms with Crippen LogP contribution < -0.4 is 0 Å². The van der Waals surface area contributed by atoms with Crippen molar-refractivity contribution in [3.05, 3.63) is 95.0 Å². The Bertz CT molecular complexity index is 1410. The predicted molar refractivity (Wildman–Crippen MR) is 138 cm³/mol. The largest absolute Gasteiger partial charge is 0.452 e. The topological polar surface area (TPSA) is 101 Å². The Balaban J connectivity index is 1.91. The Morgan fingerprint density at radius 3 is 1.81 bits per heavy atom. The fourth-order valence-electron chi connectivity index (χ4n) is 3.43. The van der Waals surface area contributed by atoms with Gasteiger partial charge in [-0.25, -0.2) is 25.9 Å². The lowest BCUT2D eigenvalue weighted by Gasteiger charge is -2.31. The summed E-state index contributed by atoms with van der Waals surface area (Å²) in [5.74, 6) is -0.721. The number of halogens is 1. The molecular weight excluding hydrogens is 524 g/mol. The lowest BCUT2D eigenvalue weighted by molar-refractivity contribution is 0.0146. The molecule has 3 rings (SSSR count). The highest BCUT2D eigenvalue weighted by Gasteiger charge is 2.34. The normalized spacial score (nSPS) is 14.0. The first-order chi connectivity index (χ1) is 16.9. The Morgan fingerprint density at radius 2 is 1.28 bits per heavy atom. The van der Waals surface area contributed by atoms with Crippen LogP contribution in [0.3, 0.4) is 0 Å². The van der Waals surface area contributed by atoms with E-state index in [0.29, 0.717) is 10.6 Å². The first kappa shape index (κ1) is 27.8. The van der Waals surface area contributed by atoms with Crippen LogP contribution in [0.4, 0.5) is 0 Å². The van der Waals surface area contributed by atoms with Crippen molar-refractivity contribution in [1.82, 2.24) is 8.61 Å². The SMILES string of the molecule is C[C@H]([C@H](OC(=O)c1ccc(S(=O)(=O)N(C)C)cc1)c1ccccc1)N(C)S(=O)(=O)c1ccc(Cl)cc1. The molecule has 0 aliphatic carbocycles. The van der Waals surface area contributed by atoms with Gasteiger partial charge in [-0.15, -0.1) is 0 Å². The maximum absolute atomic E-state index is 13.2. The molecule has 0 aliphatic rings. The summed E-state index contributed by atoms with van der Waals surface area (Å²) in [6, 6.07) is 19.2. The number of benzene rings is 3. The van der Waals surface area contributed by atoms with Crippen molar-refractivity contribution in [2.75, 3.05) is 21.1 Å². The third-order valence-electron chi connectivity index (χ3n) is 5.73. The average molecular weight is 551 g/mol. The lowest BCUT2D eigenvalue weighted by Crippen LogP contribution is -2.40. The van der Waals surface area contributed by atoms with Gasteiger partial charge in [0.25, 0.3) is 0 Å². The molecule has 0 aromatic heterocycles. The molecule has 0 saturated carbocycles. The second kappa shape index (κ2) is 11.1. The van der Waals surface area contributed by atoms with E-state index in [1.807, 2.05) is 0 Å². The Hall–Kier alpha value is -2.76. The highest BCUT2D eigenvalue weighted by Crippen LogP contribution is 2.29. The van der Waals surface area contributed by atoms with Crippen LogP contribution >= 0.6 is 11.6 Å². The van der Waals surface area contributed by atoms with E-state index in [1.165, 1.54) is 69.7 Å². The van der Waals surface area contributed by atoms with Gasteiger partial charge in [0.1, 0.15) is 6.10 Å². The standard InChI is InChI=1S/C25H27ClN2O6S2/c1-18(28(4)36(32,33)23-16-12-21(26)13-17-23)24(19-8-6-5-7-9-19)34-25(29)20-10-14-22(15-11-20)35(30,31)27(2)3/h5-18,24H,1-4H3/t18-,24+/m1/s1. The highest BCUT2D eigenvalue weighted by atomic mass is 35.5. The molecule has 0 aliphatic heterocycles. The molecule has 192 valence electrons. The summed E-state index contributed by atoms with van der Waals surface area (Å²) in [5.41, 5.74) is 0.729. The minimum absolute atomic E-state index is 0.0332. The third kappa shape index (κ3) is 5.96. The molecule has 3 aromatic rings. The molecule has 0 spiro atoms. The van der Waals surface area contributed by atoms with Gasteiger partial charge in [-0.3, -0.25) is 0 Å². The van der Waals surface area contributed by atoms with E-state index in [0.717, 1.165) is 8.61 Å². The van der Waals surface area contributed by atoms with Crippen molar-refractivity contribution in [2.24, 2.45) is 0 Å². The summed E-state index contributed by atoms with van der Waals surface area (Å²) < 4.78 is 59.1. The first-order valence-corrected chi connectivity index (χ1v) is 14.1. The maximum atomic E-state index is 13.2. The number of likely N-dealkylation sites (N-methyl/N-ethyl adjacent to an activating group) is 1. The highest BCUT2D eigenvalue weighted by molar-refractivity contribution is 7.89. The Kier molecular flexibility index (Phi) is 8.58. The number of hydrogen-bond acceptors (Lipinski definition) is 6. The molecule has 0 heterocycles. The molecule has 0 bridgehead atoms. The van der Waals surface area contributed by atoms with E-state index in [1.54, 1.807) is 37.3 Å². The van der Waals surface area contributed by atoms with Crippen molar-refractivity contribution in [1.29, 1.82) is 0 Å². The Labute approximate surface area is 217 Å². The van der Waals surface area contributed by atoms with E-state index >= 15 is 0 Å². The average Bonchev–Trinajstić information content (AvgIpc) is 2.87. The van der Waals surface area contributed by atoms with E-state index in [9.17, 15) is 21.6 Å². The number of rotatable bonds is 9. The smallest absolute Gasteiger partial charge is 0.338 e. The van der Waals surface area contributed by atoms with Gasteiger partial charge in [0, 0.05) is 26.2 Å². The zero-order valence-electron chi connectivity index (χ0n) is 20.2. The van der Waals surface area contributed by atoms with Crippen molar-refractivity contribution in [3.63, 3.8) is 0 Å². The molecule has 0 amide bonds. The fourth-order valence-corrected chi connectivity index (χ4v) is 5.82. The van der Waals surface area contributed by atoms with Crippen molar-refractivity contribution < 1.29 is 26.4 Å². The van der Waals surface area contributed by atoms with Crippen LogP contribution in [0.2, 0.25) is 5.02 Å². The molecule has 8 nitrogen and oxygen atoms in total. The fraction of sp³-hybridized carbons (Fsp3) is 0.240. The van der Waals surface area contributed by atoms with Crippen LogP contribution in [0, 0.1) is 0 Å². The van der Waals surface area contributed by atoms with E-state index in [2.05, 4.69) is 0 Å². The molecule has 0 N–H and O–H groups in total. The van der Waals surface area contributed by atoms with Gasteiger partial charge in [0.05, 0.1) is 21.4 Å². The molecule has 0 fully saturated rings. The predicted octanol–water partition coefficient (Wildman–Crippen LogP) is 4.20. The Morgan fingerprint density at radius 1 is 0.778 bits per heavy atom. The molecule has 36 heavy (non-hydrogen) atoms. The number of nitrogens with zero attached hydrogens (tertiary/aromatic N) is 2. The summed E-state index contributed by atoms with van der Waals surface area (Å²) in [4.78, 5) is 13.1. The zero-order chi connectivity index (χ0) is 26.7. The van der Waals surface area contributed by atoms with Crippen molar-refractivity contribution in [2.45, 2.75) is 28.9 Å². The van der Waals surface area contributed by atoms with Crippen LogP contribution in [0.15, 0.2) is 88.7 Å². The van der Waals surface area contributed by atoms with E-state index < -0.39 is 38.2 Å². The van der Waals surface area contributed by atoms with Crippen molar-refractivity contribution >= 4 is 37.6 Å². The van der Waals surface area contributed by atoms with Gasteiger partial charge in [0.15, 0.2) is 0 Å². The zero-order valence-corrected chi connectivity index (χ0v) is 22.6. The number of carbonyl (C=O) groups excluding carboxylic acids is 1. The molecule has 0 radical (unpaired) electrons. The maximum Gasteiger partial charge on any atom is 0.338 e. The van der Waals surface area contributed by atoms with Crippen LogP contribution in [-0.2, 0) is 24.8 Å². The lowest BCUT2D eigenvalue weighted by atomic mass is 10.0. The van der Waals surface area contributed by atoms with Gasteiger partial charge in [-0.05, 0) is 61.0 Å². The molecule has 0 saturated heterocycles. The van der Waals surface area contributed by atoms with Gasteiger partial charge in [-0.1, -0.05) is 41.9 Å². The quantitative estimate of drug-likeness (QED) is 0.370. The number of carbonyl (C=O) groups is 1. The summed E-state index contributed by atoms with van der Waals surface area (Å²) in [7, 11) is -3.34. The minimum Gasteiger partial charge on any atom is -0.452 e. The van der Waals surface area contributed by atoms with Crippen LogP contribution in [-0.4, -0.2) is 58.6 Å². The first-order valence-electron chi connectivity index (χ1n) is 10.9. The van der Waals surface area contributed by atoms with E-state index in [-0.39, 0.29) is 15.4 Å². The van der Waals surface area contributed by atoms with E-state index in [4.69, 9.17) is 16.3 Å². The molecule has 0 unspecified atom stereocenters. The molecule has 2 atom stereocenters. The summed E-state index contributed by atoms with van der Waals surface area (Å²) >= 11 is 5.90. The third-order valence-corrected chi connectivity index (χ3v) is 9.77. The second-order valence-electron chi connectivity index (χ2n) is 8.26. The monoisotopic (exact) mass is 550 g/mol. The van der Waals surface area contributed by atoms with Crippen LogP contribution in [0.5, 0.6) is 0 Å². The molecule has 11 heteroatoms. The minimum atomic E-state index is -3.93. The summed E-state index contributed by atoms with van der Waals surface area (Å²) in [6.45, 7) is 1.64. The summed E-state index contributed by atoms with van der Waals surface area (Å²) in [6.07, 6.45) is -0.948. The van der Waals surface area contributed by atoms with Gasteiger partial charge < -0.3 is 4.74 Å².